The highest BCUT2D eigenvalue weighted by atomic mass is 16.1. The van der Waals surface area contributed by atoms with Gasteiger partial charge in [0.05, 0.1) is 0 Å². The predicted molar refractivity (Wildman–Crippen MR) is 102 cm³/mol. The fourth-order valence-electron chi connectivity index (χ4n) is 2.47. The van der Waals surface area contributed by atoms with Crippen molar-refractivity contribution < 1.29 is 4.79 Å². The van der Waals surface area contributed by atoms with Crippen LogP contribution in [0, 0.1) is 12.8 Å². The molecule has 0 radical (unpaired) electrons. The minimum Gasteiger partial charge on any atom is -0.354 e. The molecular weight excluding hydrogens is 312 g/mol. The van der Waals surface area contributed by atoms with Crippen LogP contribution >= 0.6 is 0 Å². The van der Waals surface area contributed by atoms with Crippen LogP contribution < -0.4 is 10.6 Å². The summed E-state index contributed by atoms with van der Waals surface area (Å²) in [4.78, 5) is 21.0. The van der Waals surface area contributed by atoms with Gasteiger partial charge in [-0.05, 0) is 43.7 Å². The number of aromatic nitrogens is 2. The lowest BCUT2D eigenvalue weighted by atomic mass is 10.1. The number of benzene rings is 1. The number of aryl methyl sites for hydroxylation is 2. The van der Waals surface area contributed by atoms with Crippen molar-refractivity contribution in [3.05, 3.63) is 53.3 Å². The quantitative estimate of drug-likeness (QED) is 0.684. The Morgan fingerprint density at radius 2 is 1.88 bits per heavy atom. The number of anilines is 1. The maximum absolute atomic E-state index is 12.3. The standard InChI is InChI=1S/C20H28N4O/c1-15(2)11-13-22-20-23-16(3)14-18(24-20)19(25)21-12-7-10-17-8-5-4-6-9-17/h4-6,8-9,14-15H,7,10-13H2,1-3H3,(H,21,25)(H,22,23,24). The third kappa shape index (κ3) is 6.91. The Morgan fingerprint density at radius 3 is 2.60 bits per heavy atom. The summed E-state index contributed by atoms with van der Waals surface area (Å²) < 4.78 is 0. The number of nitrogens with zero attached hydrogens (tertiary/aromatic N) is 2. The van der Waals surface area contributed by atoms with Crippen LogP contribution in [0.1, 0.15) is 48.4 Å². The average molecular weight is 340 g/mol. The van der Waals surface area contributed by atoms with E-state index in [1.54, 1.807) is 6.07 Å². The molecule has 1 amide bonds. The molecule has 25 heavy (non-hydrogen) atoms. The number of amides is 1. The van der Waals surface area contributed by atoms with Crippen LogP contribution in [0.15, 0.2) is 36.4 Å². The molecule has 5 nitrogen and oxygen atoms in total. The van der Waals surface area contributed by atoms with Gasteiger partial charge in [0, 0.05) is 18.8 Å². The normalized spacial score (nSPS) is 10.7. The van der Waals surface area contributed by atoms with Crippen molar-refractivity contribution >= 4 is 11.9 Å². The first-order valence-corrected chi connectivity index (χ1v) is 8.96. The number of carbonyl (C=O) groups excluding carboxylic acids is 1. The van der Waals surface area contributed by atoms with Gasteiger partial charge in [-0.15, -0.1) is 0 Å². The molecule has 2 rings (SSSR count). The Hall–Kier alpha value is -2.43. The smallest absolute Gasteiger partial charge is 0.270 e. The first kappa shape index (κ1) is 18.9. The lowest BCUT2D eigenvalue weighted by molar-refractivity contribution is 0.0948. The molecule has 1 aromatic carbocycles. The van der Waals surface area contributed by atoms with Gasteiger partial charge in [0.1, 0.15) is 5.69 Å². The SMILES string of the molecule is Cc1cc(C(=O)NCCCc2ccccc2)nc(NCCC(C)C)n1. The van der Waals surface area contributed by atoms with Crippen LogP contribution in [-0.2, 0) is 6.42 Å². The van der Waals surface area contributed by atoms with E-state index in [-0.39, 0.29) is 5.91 Å². The summed E-state index contributed by atoms with van der Waals surface area (Å²) in [6.45, 7) is 7.66. The number of hydrogen-bond acceptors (Lipinski definition) is 4. The molecule has 0 aliphatic carbocycles. The van der Waals surface area contributed by atoms with E-state index in [2.05, 4.69) is 46.6 Å². The molecule has 0 aliphatic heterocycles. The summed E-state index contributed by atoms with van der Waals surface area (Å²) in [6.07, 6.45) is 2.89. The second-order valence-electron chi connectivity index (χ2n) is 6.67. The summed E-state index contributed by atoms with van der Waals surface area (Å²) in [7, 11) is 0. The molecule has 1 aromatic heterocycles. The molecule has 0 saturated heterocycles. The van der Waals surface area contributed by atoms with E-state index >= 15 is 0 Å². The van der Waals surface area contributed by atoms with E-state index in [0.717, 1.165) is 31.5 Å². The second-order valence-corrected chi connectivity index (χ2v) is 6.67. The molecule has 2 aromatic rings. The molecule has 0 bridgehead atoms. The Kier molecular flexibility index (Phi) is 7.38. The molecule has 0 unspecified atom stereocenters. The number of hydrogen-bond donors (Lipinski definition) is 2. The summed E-state index contributed by atoms with van der Waals surface area (Å²) in [5.74, 6) is 0.991. The topological polar surface area (TPSA) is 66.9 Å². The van der Waals surface area contributed by atoms with E-state index < -0.39 is 0 Å². The first-order chi connectivity index (χ1) is 12.0. The molecule has 0 aliphatic rings. The molecule has 1 heterocycles. The molecule has 0 fully saturated rings. The molecule has 5 heteroatoms. The molecule has 2 N–H and O–H groups in total. The first-order valence-electron chi connectivity index (χ1n) is 8.96. The molecule has 0 atom stereocenters. The number of rotatable bonds is 9. The van der Waals surface area contributed by atoms with E-state index in [4.69, 9.17) is 0 Å². The summed E-state index contributed by atoms with van der Waals surface area (Å²) in [6, 6.07) is 12.0. The third-order valence-electron chi connectivity index (χ3n) is 3.86. The van der Waals surface area contributed by atoms with E-state index in [9.17, 15) is 4.79 Å². The van der Waals surface area contributed by atoms with Gasteiger partial charge in [-0.3, -0.25) is 4.79 Å². The monoisotopic (exact) mass is 340 g/mol. The van der Waals surface area contributed by atoms with Gasteiger partial charge in [0.25, 0.3) is 5.91 Å². The third-order valence-corrected chi connectivity index (χ3v) is 3.86. The second kappa shape index (κ2) is 9.77. The fraction of sp³-hybridized carbons (Fsp3) is 0.450. The lowest BCUT2D eigenvalue weighted by Crippen LogP contribution is -2.26. The molecule has 134 valence electrons. The van der Waals surface area contributed by atoms with E-state index in [0.29, 0.717) is 24.1 Å². The van der Waals surface area contributed by atoms with E-state index in [1.165, 1.54) is 5.56 Å². The zero-order valence-electron chi connectivity index (χ0n) is 15.4. The Morgan fingerprint density at radius 1 is 1.12 bits per heavy atom. The zero-order chi connectivity index (χ0) is 18.1. The van der Waals surface area contributed by atoms with Crippen LogP contribution in [0.4, 0.5) is 5.95 Å². The lowest BCUT2D eigenvalue weighted by Gasteiger charge is -2.10. The summed E-state index contributed by atoms with van der Waals surface area (Å²) >= 11 is 0. The zero-order valence-corrected chi connectivity index (χ0v) is 15.4. The molecule has 0 saturated carbocycles. The largest absolute Gasteiger partial charge is 0.354 e. The molecular formula is C20H28N4O. The predicted octanol–water partition coefficient (Wildman–Crippen LogP) is 3.61. The average Bonchev–Trinajstić information content (AvgIpc) is 2.58. The van der Waals surface area contributed by atoms with Crippen molar-refractivity contribution in [2.75, 3.05) is 18.4 Å². The van der Waals surface area contributed by atoms with Gasteiger partial charge in [-0.2, -0.15) is 0 Å². The van der Waals surface area contributed by atoms with Crippen molar-refractivity contribution in [1.29, 1.82) is 0 Å². The van der Waals surface area contributed by atoms with Crippen LogP contribution in [0.25, 0.3) is 0 Å². The minimum absolute atomic E-state index is 0.148. The van der Waals surface area contributed by atoms with E-state index in [1.807, 2.05) is 25.1 Å². The number of carbonyl (C=O) groups is 1. The van der Waals surface area contributed by atoms with Gasteiger partial charge in [-0.25, -0.2) is 9.97 Å². The summed E-state index contributed by atoms with van der Waals surface area (Å²) in [5.41, 5.74) is 2.49. The maximum Gasteiger partial charge on any atom is 0.270 e. The highest BCUT2D eigenvalue weighted by molar-refractivity contribution is 5.92. The van der Waals surface area contributed by atoms with Gasteiger partial charge in [-0.1, -0.05) is 44.2 Å². The van der Waals surface area contributed by atoms with Gasteiger partial charge in [0.2, 0.25) is 5.95 Å². The van der Waals surface area contributed by atoms with Crippen molar-refractivity contribution in [2.24, 2.45) is 5.92 Å². The highest BCUT2D eigenvalue weighted by Gasteiger charge is 2.10. The molecule has 0 spiro atoms. The van der Waals surface area contributed by atoms with Crippen molar-refractivity contribution in [1.82, 2.24) is 15.3 Å². The van der Waals surface area contributed by atoms with Crippen molar-refractivity contribution in [2.45, 2.75) is 40.0 Å². The van der Waals surface area contributed by atoms with Crippen molar-refractivity contribution in [3.8, 4) is 0 Å². The fourth-order valence-corrected chi connectivity index (χ4v) is 2.47. The van der Waals surface area contributed by atoms with Gasteiger partial charge < -0.3 is 10.6 Å². The minimum atomic E-state index is -0.148. The Bertz CT molecular complexity index is 671. The Labute approximate surface area is 150 Å². The maximum atomic E-state index is 12.3. The van der Waals surface area contributed by atoms with Gasteiger partial charge in [0.15, 0.2) is 0 Å². The van der Waals surface area contributed by atoms with Crippen molar-refractivity contribution in [3.63, 3.8) is 0 Å². The summed E-state index contributed by atoms with van der Waals surface area (Å²) in [5, 5.41) is 6.14. The highest BCUT2D eigenvalue weighted by Crippen LogP contribution is 2.07. The van der Waals surface area contributed by atoms with Crippen LogP contribution in [0.3, 0.4) is 0 Å². The number of nitrogens with one attached hydrogen (secondary N) is 2. The Balaban J connectivity index is 1.82. The van der Waals surface area contributed by atoms with Gasteiger partial charge >= 0.3 is 0 Å². The van der Waals surface area contributed by atoms with Crippen LogP contribution in [0.2, 0.25) is 0 Å². The van der Waals surface area contributed by atoms with Crippen LogP contribution in [0.5, 0.6) is 0 Å². The van der Waals surface area contributed by atoms with Crippen LogP contribution in [-0.4, -0.2) is 29.0 Å².